The molecule has 0 aliphatic carbocycles. The minimum absolute atomic E-state index is 0.156. The number of hydrogen-bond acceptors (Lipinski definition) is 4. The summed E-state index contributed by atoms with van der Waals surface area (Å²) in [7, 11) is 1.72. The van der Waals surface area contributed by atoms with E-state index >= 15 is 0 Å². The van der Waals surface area contributed by atoms with Crippen LogP contribution in [0.4, 0.5) is 11.4 Å². The van der Waals surface area contributed by atoms with Crippen LogP contribution in [0.25, 0.3) is 0 Å². The van der Waals surface area contributed by atoms with Gasteiger partial charge in [0.25, 0.3) is 0 Å². The number of aliphatic carboxylic acids is 1. The summed E-state index contributed by atoms with van der Waals surface area (Å²) in [4.78, 5) is 12.6. The molecule has 3 N–H and O–H groups in total. The zero-order valence-corrected chi connectivity index (χ0v) is 8.30. The van der Waals surface area contributed by atoms with Gasteiger partial charge in [-0.2, -0.15) is 0 Å². The average molecular weight is 208 g/mol. The molecule has 1 heterocycles. The number of anilines is 2. The Kier molecular flexibility index (Phi) is 2.15. The van der Waals surface area contributed by atoms with Gasteiger partial charge in [-0.3, -0.25) is 0 Å². The largest absolute Gasteiger partial charge is 0.489 e. The van der Waals surface area contributed by atoms with E-state index in [0.717, 1.165) is 0 Å². The molecule has 0 saturated heterocycles. The third kappa shape index (κ3) is 1.56. The predicted molar refractivity (Wildman–Crippen MR) is 56.2 cm³/mol. The van der Waals surface area contributed by atoms with Gasteiger partial charge in [0.05, 0.1) is 5.69 Å². The highest BCUT2D eigenvalue weighted by Gasteiger charge is 2.30. The van der Waals surface area contributed by atoms with Crippen molar-refractivity contribution in [2.75, 3.05) is 24.3 Å². The third-order valence-electron chi connectivity index (χ3n) is 2.51. The summed E-state index contributed by atoms with van der Waals surface area (Å²) in [5.74, 6) is -0.227. The second-order valence-corrected chi connectivity index (χ2v) is 3.50. The van der Waals surface area contributed by atoms with E-state index in [1.165, 1.54) is 0 Å². The summed E-state index contributed by atoms with van der Waals surface area (Å²) in [5, 5.41) is 8.95. The summed E-state index contributed by atoms with van der Waals surface area (Å²) in [6.45, 7) is 0.156. The van der Waals surface area contributed by atoms with Gasteiger partial charge < -0.3 is 20.5 Å². The molecule has 0 spiro atoms. The molecule has 0 aromatic heterocycles. The number of carboxylic acid groups (broad SMARTS) is 1. The molecule has 2 rings (SSSR count). The van der Waals surface area contributed by atoms with Gasteiger partial charge in [-0.05, 0) is 18.2 Å². The molecule has 0 amide bonds. The summed E-state index contributed by atoms with van der Waals surface area (Å²) < 4.78 is 5.34. The monoisotopic (exact) mass is 208 g/mol. The van der Waals surface area contributed by atoms with E-state index < -0.39 is 12.0 Å². The maximum atomic E-state index is 10.9. The first-order valence-corrected chi connectivity index (χ1v) is 4.57. The van der Waals surface area contributed by atoms with Crippen molar-refractivity contribution in [3.8, 4) is 5.75 Å². The fourth-order valence-electron chi connectivity index (χ4n) is 1.62. The molecule has 0 saturated carbocycles. The van der Waals surface area contributed by atoms with Crippen LogP contribution in [-0.4, -0.2) is 30.8 Å². The standard InChI is InChI=1S/C10H12N2O3/c1-12-7-4-6(11)2-3-9(7)15-5-8(12)10(13)14/h2-4,8H,5,11H2,1H3,(H,13,14). The first kappa shape index (κ1) is 9.64. The zero-order valence-electron chi connectivity index (χ0n) is 8.30. The van der Waals surface area contributed by atoms with Crippen molar-refractivity contribution in [2.45, 2.75) is 6.04 Å². The average Bonchev–Trinajstić information content (AvgIpc) is 2.19. The van der Waals surface area contributed by atoms with Crippen molar-refractivity contribution in [2.24, 2.45) is 0 Å². The van der Waals surface area contributed by atoms with E-state index in [4.69, 9.17) is 15.6 Å². The van der Waals surface area contributed by atoms with Gasteiger partial charge >= 0.3 is 5.97 Å². The Morgan fingerprint density at radius 3 is 3.07 bits per heavy atom. The highest BCUT2D eigenvalue weighted by molar-refractivity contribution is 5.81. The van der Waals surface area contributed by atoms with Crippen molar-refractivity contribution in [3.05, 3.63) is 18.2 Å². The Morgan fingerprint density at radius 1 is 1.67 bits per heavy atom. The molecule has 5 nitrogen and oxygen atoms in total. The quantitative estimate of drug-likeness (QED) is 0.659. The van der Waals surface area contributed by atoms with Crippen LogP contribution < -0.4 is 15.4 Å². The molecule has 80 valence electrons. The van der Waals surface area contributed by atoms with Crippen molar-refractivity contribution in [3.63, 3.8) is 0 Å². The van der Waals surface area contributed by atoms with Gasteiger partial charge in [0, 0.05) is 12.7 Å². The zero-order chi connectivity index (χ0) is 11.0. The summed E-state index contributed by atoms with van der Waals surface area (Å²) in [6, 6.07) is 4.54. The smallest absolute Gasteiger partial charge is 0.329 e. The molecule has 1 atom stereocenters. The Balaban J connectivity index is 2.40. The van der Waals surface area contributed by atoms with E-state index in [-0.39, 0.29) is 6.61 Å². The van der Waals surface area contributed by atoms with Gasteiger partial charge in [-0.15, -0.1) is 0 Å². The number of likely N-dealkylation sites (N-methyl/N-ethyl adjacent to an activating group) is 1. The van der Waals surface area contributed by atoms with Crippen LogP contribution in [0.15, 0.2) is 18.2 Å². The lowest BCUT2D eigenvalue weighted by molar-refractivity contribution is -0.139. The lowest BCUT2D eigenvalue weighted by atomic mass is 10.1. The lowest BCUT2D eigenvalue weighted by Gasteiger charge is -2.33. The fourth-order valence-corrected chi connectivity index (χ4v) is 1.62. The van der Waals surface area contributed by atoms with Crippen LogP contribution in [0.5, 0.6) is 5.75 Å². The van der Waals surface area contributed by atoms with Gasteiger partial charge in [0.2, 0.25) is 0 Å². The number of nitrogens with two attached hydrogens (primary N) is 1. The Morgan fingerprint density at radius 2 is 2.40 bits per heavy atom. The molecule has 0 radical (unpaired) electrons. The molecule has 1 aliphatic heterocycles. The lowest BCUT2D eigenvalue weighted by Crippen LogP contribution is -2.45. The maximum absolute atomic E-state index is 10.9. The second kappa shape index (κ2) is 3.34. The highest BCUT2D eigenvalue weighted by Crippen LogP contribution is 2.34. The molecule has 1 aromatic carbocycles. The van der Waals surface area contributed by atoms with Crippen LogP contribution in [0, 0.1) is 0 Å². The third-order valence-corrected chi connectivity index (χ3v) is 2.51. The minimum Gasteiger partial charge on any atom is -0.489 e. The fraction of sp³-hybridized carbons (Fsp3) is 0.300. The number of benzene rings is 1. The summed E-state index contributed by atoms with van der Waals surface area (Å²) in [5.41, 5.74) is 6.95. The van der Waals surface area contributed by atoms with Crippen LogP contribution >= 0.6 is 0 Å². The number of hydrogen-bond donors (Lipinski definition) is 2. The number of nitrogen functional groups attached to an aromatic ring is 1. The molecule has 0 bridgehead atoms. The SMILES string of the molecule is CN1c2cc(N)ccc2OCC1C(=O)O. The van der Waals surface area contributed by atoms with Crippen LogP contribution in [0.1, 0.15) is 0 Å². The van der Waals surface area contributed by atoms with Gasteiger partial charge in [-0.25, -0.2) is 4.79 Å². The summed E-state index contributed by atoms with van der Waals surface area (Å²) in [6.07, 6.45) is 0. The molecule has 15 heavy (non-hydrogen) atoms. The molecular formula is C10H12N2O3. The molecular weight excluding hydrogens is 196 g/mol. The van der Waals surface area contributed by atoms with Gasteiger partial charge in [0.1, 0.15) is 12.4 Å². The number of carbonyl (C=O) groups is 1. The number of carboxylic acids is 1. The van der Waals surface area contributed by atoms with Crippen molar-refractivity contribution < 1.29 is 14.6 Å². The van der Waals surface area contributed by atoms with Crippen LogP contribution in [0.2, 0.25) is 0 Å². The maximum Gasteiger partial charge on any atom is 0.329 e. The van der Waals surface area contributed by atoms with E-state index in [1.54, 1.807) is 30.1 Å². The summed E-state index contributed by atoms with van der Waals surface area (Å²) >= 11 is 0. The van der Waals surface area contributed by atoms with Crippen molar-refractivity contribution in [1.29, 1.82) is 0 Å². The number of nitrogens with zero attached hydrogens (tertiary/aromatic N) is 1. The Labute approximate surface area is 87.1 Å². The predicted octanol–water partition coefficient (Wildman–Crippen LogP) is 0.551. The molecule has 1 unspecified atom stereocenters. The molecule has 1 aliphatic rings. The van der Waals surface area contributed by atoms with Crippen LogP contribution in [0.3, 0.4) is 0 Å². The van der Waals surface area contributed by atoms with Gasteiger partial charge in [-0.1, -0.05) is 0 Å². The van der Waals surface area contributed by atoms with Crippen molar-refractivity contribution in [1.82, 2.24) is 0 Å². The van der Waals surface area contributed by atoms with E-state index in [2.05, 4.69) is 0 Å². The normalized spacial score (nSPS) is 19.3. The number of rotatable bonds is 1. The van der Waals surface area contributed by atoms with Gasteiger partial charge in [0.15, 0.2) is 6.04 Å². The minimum atomic E-state index is -0.898. The number of ether oxygens (including phenoxy) is 1. The van der Waals surface area contributed by atoms with E-state index in [1.807, 2.05) is 0 Å². The van der Waals surface area contributed by atoms with Crippen LogP contribution in [-0.2, 0) is 4.79 Å². The van der Waals surface area contributed by atoms with E-state index in [0.29, 0.717) is 17.1 Å². The number of fused-ring (bicyclic) bond motifs is 1. The Bertz CT molecular complexity index is 406. The molecule has 5 heteroatoms. The molecule has 1 aromatic rings. The van der Waals surface area contributed by atoms with Crippen molar-refractivity contribution >= 4 is 17.3 Å². The highest BCUT2D eigenvalue weighted by atomic mass is 16.5. The second-order valence-electron chi connectivity index (χ2n) is 3.50. The Hall–Kier alpha value is -1.91. The topological polar surface area (TPSA) is 75.8 Å². The molecule has 0 fully saturated rings. The first-order chi connectivity index (χ1) is 7.09. The van der Waals surface area contributed by atoms with E-state index in [9.17, 15) is 4.79 Å². The first-order valence-electron chi connectivity index (χ1n) is 4.57.